The third-order valence-corrected chi connectivity index (χ3v) is 15.0. The molecule has 0 fully saturated rings. The van der Waals surface area contributed by atoms with Crippen LogP contribution < -0.4 is 9.80 Å². The molecule has 0 aliphatic heterocycles. The van der Waals surface area contributed by atoms with E-state index in [1.807, 2.05) is 0 Å². The molecule has 0 unspecified atom stereocenters. The van der Waals surface area contributed by atoms with Gasteiger partial charge in [-0.25, -0.2) is 0 Å². The predicted octanol–water partition coefficient (Wildman–Crippen LogP) is 20.6. The lowest BCUT2D eigenvalue weighted by atomic mass is 9.83. The summed E-state index contributed by atoms with van der Waals surface area (Å²) in [6, 6.07) is 85.6. The van der Waals surface area contributed by atoms with Gasteiger partial charge in [-0.1, -0.05) is 229 Å². The largest absolute Gasteiger partial charge is 0.309 e. The van der Waals surface area contributed by atoms with Gasteiger partial charge in [0.1, 0.15) is 0 Å². The van der Waals surface area contributed by atoms with E-state index in [-0.39, 0.29) is 0 Å². The number of hydrogen-bond donors (Lipinski definition) is 0. The van der Waals surface area contributed by atoms with E-state index in [9.17, 15) is 0 Å². The van der Waals surface area contributed by atoms with Crippen molar-refractivity contribution in [2.24, 2.45) is 0 Å². The molecule has 0 amide bonds. The van der Waals surface area contributed by atoms with Crippen molar-refractivity contribution in [2.45, 2.75) is 27.7 Å². The van der Waals surface area contributed by atoms with Crippen LogP contribution in [0.3, 0.4) is 0 Å². The highest BCUT2D eigenvalue weighted by atomic mass is 15.2. The Hall–Kier alpha value is -9.24. The van der Waals surface area contributed by atoms with Crippen LogP contribution in [0.5, 0.6) is 0 Å². The summed E-state index contributed by atoms with van der Waals surface area (Å²) in [5, 5.41) is 14.9. The first-order valence-electron chi connectivity index (χ1n) is 25.7. The van der Waals surface area contributed by atoms with Gasteiger partial charge in [-0.2, -0.15) is 0 Å². The van der Waals surface area contributed by atoms with Crippen molar-refractivity contribution in [2.75, 3.05) is 9.80 Å². The highest BCUT2D eigenvalue weighted by Crippen LogP contribution is 2.55. The maximum Gasteiger partial charge on any atom is 0.0619 e. The summed E-state index contributed by atoms with van der Waals surface area (Å²) >= 11 is 0. The average molecular weight is 947 g/mol. The monoisotopic (exact) mass is 946 g/mol. The molecule has 2 heteroatoms. The normalized spacial score (nSPS) is 11.9. The van der Waals surface area contributed by atoms with Crippen LogP contribution in [-0.4, -0.2) is 0 Å². The summed E-state index contributed by atoms with van der Waals surface area (Å²) < 4.78 is 0. The molecule has 0 aromatic heterocycles. The summed E-state index contributed by atoms with van der Waals surface area (Å²) in [5.41, 5.74) is 16.5. The zero-order chi connectivity index (χ0) is 49.9. The van der Waals surface area contributed by atoms with Gasteiger partial charge in [0.05, 0.1) is 11.4 Å². The third kappa shape index (κ3) is 7.84. The van der Waals surface area contributed by atoms with Crippen LogP contribution >= 0.6 is 0 Å². The number of nitrogens with zero attached hydrogens (tertiary/aromatic N) is 2. The van der Waals surface area contributed by atoms with Crippen molar-refractivity contribution >= 4 is 123 Å². The Morgan fingerprint density at radius 2 is 0.446 bits per heavy atom. The van der Waals surface area contributed by atoms with Gasteiger partial charge in [-0.3, -0.25) is 0 Å². The van der Waals surface area contributed by atoms with Crippen LogP contribution in [0.25, 0.3) is 88.9 Å². The second-order valence-electron chi connectivity index (χ2n) is 20.0. The number of benzene rings is 13. The Kier molecular flexibility index (Phi) is 11.1. The van der Waals surface area contributed by atoms with Crippen LogP contribution in [0.1, 0.15) is 44.5 Å². The van der Waals surface area contributed by atoms with Crippen molar-refractivity contribution in [3.8, 4) is 0 Å². The Labute approximate surface area is 433 Å². The van der Waals surface area contributed by atoms with Gasteiger partial charge in [-0.15, -0.1) is 0 Å². The molecular formula is C72H54N2. The first-order chi connectivity index (χ1) is 36.3. The molecule has 0 aliphatic carbocycles. The van der Waals surface area contributed by atoms with Gasteiger partial charge in [-0.05, 0) is 131 Å². The number of aryl methyl sites for hydroxylation is 4. The maximum atomic E-state index is 2.48. The van der Waals surface area contributed by atoms with Crippen LogP contribution in [0.2, 0.25) is 0 Å². The van der Waals surface area contributed by atoms with E-state index in [1.165, 1.54) is 109 Å². The molecule has 0 heterocycles. The minimum absolute atomic E-state index is 1.10. The van der Waals surface area contributed by atoms with E-state index < -0.39 is 0 Å². The molecule has 74 heavy (non-hydrogen) atoms. The molecule has 0 atom stereocenters. The summed E-state index contributed by atoms with van der Waals surface area (Å²) in [4.78, 5) is 4.97. The molecule has 0 radical (unpaired) electrons. The van der Waals surface area contributed by atoms with Gasteiger partial charge in [0, 0.05) is 55.1 Å². The van der Waals surface area contributed by atoms with E-state index in [1.54, 1.807) is 0 Å². The predicted molar refractivity (Wildman–Crippen MR) is 322 cm³/mol. The Bertz CT molecular complexity index is 4000. The standard InChI is InChI=1S/C72H54N2/c1-47-19-27-51(28-20-47)31-33-53-35-43-57(44-36-53)73(55-39-23-49(3)24-40-55)71-63-13-7-5-11-61(63)69-67-59(15-9-17-65(67)71)60-16-10-18-66-68(60)70(69)62-12-6-8-14-64(62)72(66)74(56-41-25-50(4)26-42-56)58-45-37-54(38-46-58)34-32-52-29-21-48(2)22-30-52/h5-46H,1-4H3/b33-31+,34-32+. The van der Waals surface area contributed by atoms with Crippen molar-refractivity contribution in [3.63, 3.8) is 0 Å². The molecule has 0 bridgehead atoms. The smallest absolute Gasteiger partial charge is 0.0619 e. The average Bonchev–Trinajstić information content (AvgIpc) is 3.47. The second kappa shape index (κ2) is 18.4. The van der Waals surface area contributed by atoms with E-state index >= 15 is 0 Å². The van der Waals surface area contributed by atoms with Crippen LogP contribution in [0.15, 0.2) is 231 Å². The summed E-state index contributed by atoms with van der Waals surface area (Å²) in [6.07, 6.45) is 8.80. The first kappa shape index (κ1) is 44.7. The van der Waals surface area contributed by atoms with Crippen LogP contribution in [0, 0.1) is 27.7 Å². The molecule has 0 spiro atoms. The quantitative estimate of drug-likeness (QED) is 0.0766. The van der Waals surface area contributed by atoms with Crippen molar-refractivity contribution < 1.29 is 0 Å². The fourth-order valence-electron chi connectivity index (χ4n) is 11.3. The number of rotatable bonds is 10. The lowest BCUT2D eigenvalue weighted by Gasteiger charge is -2.31. The minimum atomic E-state index is 1.10. The highest BCUT2D eigenvalue weighted by Gasteiger charge is 2.27. The molecular weight excluding hydrogens is 893 g/mol. The van der Waals surface area contributed by atoms with E-state index in [0.717, 1.165) is 33.9 Å². The zero-order valence-electron chi connectivity index (χ0n) is 42.1. The Morgan fingerprint density at radius 3 is 0.770 bits per heavy atom. The molecule has 0 N–H and O–H groups in total. The second-order valence-corrected chi connectivity index (χ2v) is 20.0. The SMILES string of the molecule is Cc1ccc(/C=C/c2ccc(N(c3ccc(C)cc3)c3c4ccccc4c4c5c3cccc5c3cccc5c(N(c6ccc(C)cc6)c6ccc(/C=C/c7ccc(C)cc7)cc6)c6ccccc6c4c53)cc2)cc1. The lowest BCUT2D eigenvalue weighted by molar-refractivity contribution is 1.30. The van der Waals surface area contributed by atoms with E-state index in [0.29, 0.717) is 0 Å². The molecule has 0 saturated carbocycles. The molecule has 2 nitrogen and oxygen atoms in total. The van der Waals surface area contributed by atoms with E-state index in [4.69, 9.17) is 0 Å². The van der Waals surface area contributed by atoms with Gasteiger partial charge in [0.15, 0.2) is 0 Å². The Morgan fingerprint density at radius 1 is 0.216 bits per heavy atom. The zero-order valence-corrected chi connectivity index (χ0v) is 42.1. The summed E-state index contributed by atoms with van der Waals surface area (Å²) in [6.45, 7) is 8.59. The highest BCUT2D eigenvalue weighted by molar-refractivity contribution is 6.46. The van der Waals surface area contributed by atoms with Gasteiger partial charge in [0.2, 0.25) is 0 Å². The first-order valence-corrected chi connectivity index (χ1v) is 25.7. The van der Waals surface area contributed by atoms with Gasteiger partial charge in [0.25, 0.3) is 0 Å². The summed E-state index contributed by atoms with van der Waals surface area (Å²) in [7, 11) is 0. The molecule has 0 saturated heterocycles. The molecule has 13 rings (SSSR count). The number of fused-ring (bicyclic) bond motifs is 6. The van der Waals surface area contributed by atoms with Gasteiger partial charge < -0.3 is 9.80 Å². The molecule has 352 valence electrons. The maximum absolute atomic E-state index is 2.48. The minimum Gasteiger partial charge on any atom is -0.309 e. The van der Waals surface area contributed by atoms with Crippen molar-refractivity contribution in [1.29, 1.82) is 0 Å². The molecule has 13 aromatic carbocycles. The van der Waals surface area contributed by atoms with Gasteiger partial charge >= 0.3 is 0 Å². The molecule has 13 aromatic rings. The molecule has 0 aliphatic rings. The van der Waals surface area contributed by atoms with Crippen LogP contribution in [0.4, 0.5) is 34.1 Å². The third-order valence-electron chi connectivity index (χ3n) is 15.0. The fourth-order valence-corrected chi connectivity index (χ4v) is 11.3. The van der Waals surface area contributed by atoms with E-state index in [2.05, 4.69) is 292 Å². The number of hydrogen-bond acceptors (Lipinski definition) is 2. The van der Waals surface area contributed by atoms with Crippen LogP contribution in [-0.2, 0) is 0 Å². The fraction of sp³-hybridized carbons (Fsp3) is 0.0556. The lowest BCUT2D eigenvalue weighted by Crippen LogP contribution is -2.12. The van der Waals surface area contributed by atoms with Crippen molar-refractivity contribution in [3.05, 3.63) is 275 Å². The Balaban J connectivity index is 1.06. The number of anilines is 6. The summed E-state index contributed by atoms with van der Waals surface area (Å²) in [5.74, 6) is 0. The van der Waals surface area contributed by atoms with Crippen molar-refractivity contribution in [1.82, 2.24) is 0 Å². The topological polar surface area (TPSA) is 6.48 Å².